The minimum Gasteiger partial charge on any atom is -0.355 e. The van der Waals surface area contributed by atoms with E-state index in [4.69, 9.17) is 11.6 Å². The van der Waals surface area contributed by atoms with Crippen LogP contribution in [-0.4, -0.2) is 29.3 Å². The smallest absolute Gasteiger partial charge is 0.233 e. The third-order valence-electron chi connectivity index (χ3n) is 3.25. The van der Waals surface area contributed by atoms with E-state index in [1.165, 1.54) is 12.8 Å². The molecule has 100 valence electrons. The third kappa shape index (κ3) is 6.01. The lowest BCUT2D eigenvalue weighted by atomic mass is 10.0. The van der Waals surface area contributed by atoms with Crippen LogP contribution in [0.5, 0.6) is 0 Å². The van der Waals surface area contributed by atoms with Crippen molar-refractivity contribution in [2.24, 2.45) is 5.92 Å². The number of rotatable bonds is 7. The molecule has 0 bridgehead atoms. The molecule has 1 aliphatic rings. The first-order valence-corrected chi connectivity index (χ1v) is 8.31. The van der Waals surface area contributed by atoms with Crippen molar-refractivity contribution in [3.05, 3.63) is 0 Å². The zero-order chi connectivity index (χ0) is 12.5. The van der Waals surface area contributed by atoms with Crippen molar-refractivity contribution in [2.45, 2.75) is 50.7 Å². The summed E-state index contributed by atoms with van der Waals surface area (Å²) in [7, 11) is 0. The van der Waals surface area contributed by atoms with Crippen LogP contribution in [0.15, 0.2) is 0 Å². The average Bonchev–Trinajstić information content (AvgIpc) is 2.37. The van der Waals surface area contributed by atoms with Gasteiger partial charge in [-0.3, -0.25) is 4.79 Å². The molecule has 1 saturated heterocycles. The van der Waals surface area contributed by atoms with E-state index in [1.54, 1.807) is 0 Å². The van der Waals surface area contributed by atoms with Gasteiger partial charge in [-0.1, -0.05) is 19.8 Å². The van der Waals surface area contributed by atoms with Crippen LogP contribution in [0.4, 0.5) is 0 Å². The largest absolute Gasteiger partial charge is 0.355 e. The summed E-state index contributed by atoms with van der Waals surface area (Å²) >= 11 is 7.59. The Labute approximate surface area is 114 Å². The Hall–Kier alpha value is 0.110. The molecule has 1 aliphatic heterocycles. The Balaban J connectivity index is 2.24. The molecule has 0 aromatic carbocycles. The molecule has 2 atom stereocenters. The summed E-state index contributed by atoms with van der Waals surface area (Å²) in [5.41, 5.74) is 0. The molecule has 0 saturated carbocycles. The first-order valence-electron chi connectivity index (χ1n) is 6.73. The maximum Gasteiger partial charge on any atom is 0.233 e. The number of halogens is 1. The van der Waals surface area contributed by atoms with Crippen molar-refractivity contribution >= 4 is 29.3 Å². The summed E-state index contributed by atoms with van der Waals surface area (Å²) < 4.78 is 0. The van der Waals surface area contributed by atoms with Gasteiger partial charge in [0, 0.05) is 12.4 Å². The Kier molecular flexibility index (Phi) is 8.12. The molecule has 0 aliphatic carbocycles. The lowest BCUT2D eigenvalue weighted by Crippen LogP contribution is -2.37. The number of alkyl halides is 1. The van der Waals surface area contributed by atoms with Gasteiger partial charge in [-0.2, -0.15) is 0 Å². The highest BCUT2D eigenvalue weighted by molar-refractivity contribution is 8.00. The molecule has 0 radical (unpaired) electrons. The number of nitrogens with one attached hydrogen (secondary N) is 1. The highest BCUT2D eigenvalue weighted by atomic mass is 35.5. The summed E-state index contributed by atoms with van der Waals surface area (Å²) in [6.07, 6.45) is 6.84. The van der Waals surface area contributed by atoms with Gasteiger partial charge in [-0.25, -0.2) is 0 Å². The van der Waals surface area contributed by atoms with Gasteiger partial charge in [0.25, 0.3) is 0 Å². The summed E-state index contributed by atoms with van der Waals surface area (Å²) in [4.78, 5) is 11.9. The molecule has 1 heterocycles. The summed E-state index contributed by atoms with van der Waals surface area (Å²) in [6, 6.07) is 0. The van der Waals surface area contributed by atoms with Crippen molar-refractivity contribution in [3.8, 4) is 0 Å². The van der Waals surface area contributed by atoms with E-state index in [9.17, 15) is 4.79 Å². The Bertz CT molecular complexity index is 213. The lowest BCUT2D eigenvalue weighted by Gasteiger charge is -2.22. The molecular weight excluding hydrogens is 254 g/mol. The van der Waals surface area contributed by atoms with Crippen LogP contribution in [0, 0.1) is 5.92 Å². The molecule has 1 rings (SSSR count). The molecule has 17 heavy (non-hydrogen) atoms. The van der Waals surface area contributed by atoms with E-state index in [2.05, 4.69) is 12.2 Å². The number of carbonyl (C=O) groups is 1. The summed E-state index contributed by atoms with van der Waals surface area (Å²) in [5.74, 6) is 2.62. The Morgan fingerprint density at radius 2 is 2.29 bits per heavy atom. The van der Waals surface area contributed by atoms with Gasteiger partial charge < -0.3 is 5.32 Å². The van der Waals surface area contributed by atoms with E-state index in [0.717, 1.165) is 38.0 Å². The maximum absolute atomic E-state index is 11.9. The fourth-order valence-corrected chi connectivity index (χ4v) is 3.75. The van der Waals surface area contributed by atoms with Crippen LogP contribution in [0.1, 0.15) is 45.4 Å². The van der Waals surface area contributed by atoms with Crippen LogP contribution >= 0.6 is 23.4 Å². The van der Waals surface area contributed by atoms with E-state index < -0.39 is 0 Å². The van der Waals surface area contributed by atoms with E-state index in [1.807, 2.05) is 11.8 Å². The molecule has 1 amide bonds. The van der Waals surface area contributed by atoms with Crippen molar-refractivity contribution in [3.63, 3.8) is 0 Å². The second-order valence-electron chi connectivity index (χ2n) is 4.73. The lowest BCUT2D eigenvalue weighted by molar-refractivity contribution is -0.120. The average molecular weight is 278 g/mol. The molecule has 0 aromatic heterocycles. The SMILES string of the molecule is CCCC(CCCl)CNC(=O)C1CCCCS1. The Morgan fingerprint density at radius 3 is 2.88 bits per heavy atom. The minimum atomic E-state index is 0.196. The van der Waals surface area contributed by atoms with Gasteiger partial charge in [-0.05, 0) is 37.4 Å². The number of thioether (sulfide) groups is 1. The number of amides is 1. The molecule has 2 nitrogen and oxygen atoms in total. The monoisotopic (exact) mass is 277 g/mol. The third-order valence-corrected chi connectivity index (χ3v) is 4.85. The molecule has 0 spiro atoms. The zero-order valence-electron chi connectivity index (χ0n) is 10.7. The van der Waals surface area contributed by atoms with E-state index in [0.29, 0.717) is 11.8 Å². The number of hydrogen-bond acceptors (Lipinski definition) is 2. The zero-order valence-corrected chi connectivity index (χ0v) is 12.3. The topological polar surface area (TPSA) is 29.1 Å². The van der Waals surface area contributed by atoms with Gasteiger partial charge >= 0.3 is 0 Å². The van der Waals surface area contributed by atoms with Gasteiger partial charge in [0.2, 0.25) is 5.91 Å². The molecule has 0 aromatic rings. The van der Waals surface area contributed by atoms with Crippen LogP contribution in [0.2, 0.25) is 0 Å². The van der Waals surface area contributed by atoms with Crippen molar-refractivity contribution in [1.29, 1.82) is 0 Å². The van der Waals surface area contributed by atoms with E-state index >= 15 is 0 Å². The molecule has 1 fully saturated rings. The second-order valence-corrected chi connectivity index (χ2v) is 6.42. The standard InChI is InChI=1S/C13H24ClNOS/c1-2-5-11(7-8-14)10-15-13(16)12-6-3-4-9-17-12/h11-12H,2-10H2,1H3,(H,15,16). The predicted molar refractivity (Wildman–Crippen MR) is 76.8 cm³/mol. The van der Waals surface area contributed by atoms with Gasteiger partial charge in [0.1, 0.15) is 0 Å². The van der Waals surface area contributed by atoms with Crippen LogP contribution in [0.25, 0.3) is 0 Å². The van der Waals surface area contributed by atoms with Crippen LogP contribution in [-0.2, 0) is 4.79 Å². The van der Waals surface area contributed by atoms with Crippen molar-refractivity contribution < 1.29 is 4.79 Å². The second kappa shape index (κ2) is 9.09. The van der Waals surface area contributed by atoms with Crippen molar-refractivity contribution in [1.82, 2.24) is 5.32 Å². The van der Waals surface area contributed by atoms with E-state index in [-0.39, 0.29) is 11.2 Å². The molecular formula is C13H24ClNOS. The number of hydrogen-bond donors (Lipinski definition) is 1. The normalized spacial score (nSPS) is 22.1. The quantitative estimate of drug-likeness (QED) is 0.723. The predicted octanol–water partition coefficient (Wildman–Crippen LogP) is 3.43. The van der Waals surface area contributed by atoms with Gasteiger partial charge in [0.15, 0.2) is 0 Å². The number of carbonyl (C=O) groups excluding carboxylic acids is 1. The van der Waals surface area contributed by atoms with Gasteiger partial charge in [0.05, 0.1) is 5.25 Å². The van der Waals surface area contributed by atoms with Crippen LogP contribution < -0.4 is 5.32 Å². The fourth-order valence-electron chi connectivity index (χ4n) is 2.22. The first-order chi connectivity index (χ1) is 8.27. The van der Waals surface area contributed by atoms with Crippen LogP contribution in [0.3, 0.4) is 0 Å². The highest BCUT2D eigenvalue weighted by Gasteiger charge is 2.21. The first kappa shape index (κ1) is 15.2. The maximum atomic E-state index is 11.9. The molecule has 1 N–H and O–H groups in total. The Morgan fingerprint density at radius 1 is 1.47 bits per heavy atom. The minimum absolute atomic E-state index is 0.196. The highest BCUT2D eigenvalue weighted by Crippen LogP contribution is 2.25. The molecule has 2 unspecified atom stereocenters. The van der Waals surface area contributed by atoms with Crippen molar-refractivity contribution in [2.75, 3.05) is 18.2 Å². The fraction of sp³-hybridized carbons (Fsp3) is 0.923. The molecule has 4 heteroatoms. The van der Waals surface area contributed by atoms with Gasteiger partial charge in [-0.15, -0.1) is 23.4 Å². The summed E-state index contributed by atoms with van der Waals surface area (Å²) in [6.45, 7) is 2.98. The summed E-state index contributed by atoms with van der Waals surface area (Å²) in [5, 5.41) is 3.30.